The molecule has 0 bridgehead atoms. The Labute approximate surface area is 197 Å². The molecule has 3 rings (SSSR count). The number of hydrogen-bond donors (Lipinski definition) is 5. The zero-order valence-electron chi connectivity index (χ0n) is 18.0. The van der Waals surface area contributed by atoms with Gasteiger partial charge in [0.25, 0.3) is 0 Å². The predicted octanol–water partition coefficient (Wildman–Crippen LogP) is 2.17. The number of carbonyl (C=O) groups is 2. The summed E-state index contributed by atoms with van der Waals surface area (Å²) in [5.41, 5.74) is 2.30. The molecule has 0 saturated heterocycles. The van der Waals surface area contributed by atoms with Crippen molar-refractivity contribution in [1.82, 2.24) is 5.32 Å². The fraction of sp³-hybridized carbons (Fsp3) is 0.130. The zero-order chi connectivity index (χ0) is 24.9. The number of phenolic OH excluding ortho intramolecular Hbond substituents is 1. The van der Waals surface area contributed by atoms with E-state index in [1.54, 1.807) is 36.4 Å². The van der Waals surface area contributed by atoms with E-state index < -0.39 is 32.1 Å². The van der Waals surface area contributed by atoms with Gasteiger partial charge in [-0.25, -0.2) is 4.79 Å². The SMILES string of the molecule is CC(=O)N[C@@H](Cc1ccc(O)c(-c2ccccc2N=Nc2ccc([As](=O)(O)O)cc2)c1)C(=O)O. The number of nitrogens with one attached hydrogen (secondary N) is 1. The summed E-state index contributed by atoms with van der Waals surface area (Å²) in [6, 6.07) is 15.8. The van der Waals surface area contributed by atoms with Gasteiger partial charge in [-0.3, -0.25) is 4.79 Å². The van der Waals surface area contributed by atoms with Crippen LogP contribution in [-0.4, -0.2) is 50.5 Å². The van der Waals surface area contributed by atoms with Crippen molar-refractivity contribution in [1.29, 1.82) is 0 Å². The minimum Gasteiger partial charge on any atom is -0.480 e. The van der Waals surface area contributed by atoms with Crippen molar-refractivity contribution in [3.8, 4) is 16.9 Å². The minimum absolute atomic E-state index is 0.0131. The number of carboxylic acids is 1. The van der Waals surface area contributed by atoms with Crippen LogP contribution in [0.5, 0.6) is 5.75 Å². The molecule has 0 aliphatic carbocycles. The van der Waals surface area contributed by atoms with Crippen LogP contribution in [0.25, 0.3) is 11.1 Å². The fourth-order valence-corrected chi connectivity index (χ4v) is 4.35. The van der Waals surface area contributed by atoms with Gasteiger partial charge in [0.05, 0.1) is 0 Å². The first-order valence-electron chi connectivity index (χ1n) is 10.0. The Kier molecular flexibility index (Phi) is 7.67. The first-order chi connectivity index (χ1) is 16.0. The Hall–Kier alpha value is -3.72. The van der Waals surface area contributed by atoms with Crippen LogP contribution in [0.15, 0.2) is 77.0 Å². The van der Waals surface area contributed by atoms with Gasteiger partial charge < -0.3 is 10.4 Å². The van der Waals surface area contributed by atoms with Crippen LogP contribution in [0, 0.1) is 0 Å². The molecule has 34 heavy (non-hydrogen) atoms. The van der Waals surface area contributed by atoms with Crippen molar-refractivity contribution in [2.75, 3.05) is 0 Å². The smallest absolute Gasteiger partial charge is 0.326 e. The van der Waals surface area contributed by atoms with Gasteiger partial charge in [-0.2, -0.15) is 0 Å². The summed E-state index contributed by atoms with van der Waals surface area (Å²) < 4.78 is 29.8. The quantitative estimate of drug-likeness (QED) is 0.221. The molecule has 1 amide bonds. The summed E-state index contributed by atoms with van der Waals surface area (Å²) in [6.45, 7) is 1.24. The first-order valence-corrected chi connectivity index (χ1v) is 13.4. The molecule has 176 valence electrons. The minimum atomic E-state index is -4.99. The topological polar surface area (TPSA) is 169 Å². The second-order valence-electron chi connectivity index (χ2n) is 7.42. The Morgan fingerprint density at radius 3 is 2.26 bits per heavy atom. The average Bonchev–Trinajstić information content (AvgIpc) is 2.78. The van der Waals surface area contributed by atoms with Crippen LogP contribution in [0.3, 0.4) is 0 Å². The summed E-state index contributed by atoms with van der Waals surface area (Å²) in [5, 5.41) is 30.6. The van der Waals surface area contributed by atoms with Crippen molar-refractivity contribution in [3.63, 3.8) is 0 Å². The number of carbonyl (C=O) groups excluding carboxylic acids is 1. The van der Waals surface area contributed by atoms with E-state index in [-0.39, 0.29) is 16.5 Å². The van der Waals surface area contributed by atoms with Crippen LogP contribution in [0.2, 0.25) is 0 Å². The Morgan fingerprint density at radius 1 is 0.971 bits per heavy atom. The monoisotopic (exact) mass is 527 g/mol. The number of benzene rings is 3. The summed E-state index contributed by atoms with van der Waals surface area (Å²) in [4.78, 5) is 22.8. The Morgan fingerprint density at radius 2 is 1.65 bits per heavy atom. The standard InChI is InChI=1S/C23H22AsN3O7/c1-14(28)25-21(23(30)31)13-15-6-11-22(29)19(12-15)18-4-2-3-5-20(18)27-26-17-9-7-16(8-10-17)24(32,33)34/h2-12,21,29H,13H2,1H3,(H,25,28)(H,30,31)(H2,32,33,34)/t21-/m0/s1. The van der Waals surface area contributed by atoms with Crippen LogP contribution in [0.1, 0.15) is 12.5 Å². The molecule has 0 fully saturated rings. The van der Waals surface area contributed by atoms with Gasteiger partial charge in [0.15, 0.2) is 0 Å². The molecule has 0 saturated carbocycles. The number of azo groups is 1. The zero-order valence-corrected chi connectivity index (χ0v) is 19.9. The van der Waals surface area contributed by atoms with Crippen molar-refractivity contribution >= 4 is 41.8 Å². The normalized spacial score (nSPS) is 12.4. The predicted molar refractivity (Wildman–Crippen MR) is 124 cm³/mol. The molecule has 3 aromatic carbocycles. The van der Waals surface area contributed by atoms with Gasteiger partial charge in [-0.05, 0) is 0 Å². The summed E-state index contributed by atoms with van der Waals surface area (Å²) >= 11 is -4.99. The third-order valence-electron chi connectivity index (χ3n) is 4.83. The summed E-state index contributed by atoms with van der Waals surface area (Å²) in [7, 11) is 0. The molecule has 0 spiro atoms. The van der Waals surface area contributed by atoms with Crippen LogP contribution < -0.4 is 9.67 Å². The molecule has 3 aromatic rings. The number of aromatic hydroxyl groups is 1. The first kappa shape index (κ1) is 24.9. The van der Waals surface area contributed by atoms with E-state index in [2.05, 4.69) is 15.5 Å². The van der Waals surface area contributed by atoms with Gasteiger partial charge in [0.2, 0.25) is 5.91 Å². The van der Waals surface area contributed by atoms with E-state index in [0.29, 0.717) is 28.1 Å². The number of hydrogen-bond acceptors (Lipinski definition) is 6. The molecular weight excluding hydrogens is 505 g/mol. The summed E-state index contributed by atoms with van der Waals surface area (Å²) in [6.07, 6.45) is 0.0131. The second-order valence-corrected chi connectivity index (χ2v) is 10.8. The maximum atomic E-state index is 11.5. The van der Waals surface area contributed by atoms with Crippen molar-refractivity contribution < 1.29 is 31.7 Å². The number of amides is 1. The maximum absolute atomic E-state index is 11.5. The van der Waals surface area contributed by atoms with E-state index in [4.69, 9.17) is 0 Å². The average molecular weight is 527 g/mol. The van der Waals surface area contributed by atoms with E-state index in [1.165, 1.54) is 37.3 Å². The second kappa shape index (κ2) is 10.5. The molecule has 0 unspecified atom stereocenters. The van der Waals surface area contributed by atoms with Crippen molar-refractivity contribution in [2.24, 2.45) is 10.2 Å². The molecule has 0 aliphatic rings. The summed E-state index contributed by atoms with van der Waals surface area (Å²) in [5.74, 6) is -1.69. The third kappa shape index (κ3) is 6.41. The van der Waals surface area contributed by atoms with Crippen LogP contribution in [0.4, 0.5) is 11.4 Å². The fourth-order valence-electron chi connectivity index (χ4n) is 3.22. The largest absolute Gasteiger partial charge is 0.480 e. The van der Waals surface area contributed by atoms with Crippen LogP contribution >= 0.6 is 0 Å². The van der Waals surface area contributed by atoms with Crippen molar-refractivity contribution in [2.45, 2.75) is 19.4 Å². The van der Waals surface area contributed by atoms with Gasteiger partial charge in [-0.1, -0.05) is 0 Å². The molecule has 0 radical (unpaired) electrons. The van der Waals surface area contributed by atoms with Gasteiger partial charge in [0.1, 0.15) is 6.04 Å². The third-order valence-corrected chi connectivity index (χ3v) is 6.87. The number of rotatable bonds is 8. The molecule has 0 aromatic heterocycles. The molecule has 5 N–H and O–H groups in total. The Balaban J connectivity index is 1.92. The molecule has 1 atom stereocenters. The molecule has 10 nitrogen and oxygen atoms in total. The van der Waals surface area contributed by atoms with Crippen molar-refractivity contribution in [3.05, 3.63) is 72.3 Å². The number of aliphatic carboxylic acids is 1. The van der Waals surface area contributed by atoms with E-state index in [9.17, 15) is 31.7 Å². The van der Waals surface area contributed by atoms with E-state index in [0.717, 1.165) is 0 Å². The number of carboxylic acid groups (broad SMARTS) is 1. The van der Waals surface area contributed by atoms with Gasteiger partial charge in [0, 0.05) is 6.92 Å². The van der Waals surface area contributed by atoms with Gasteiger partial charge in [-0.15, -0.1) is 0 Å². The Bertz CT molecular complexity index is 1290. The molecule has 0 heterocycles. The van der Waals surface area contributed by atoms with E-state index >= 15 is 0 Å². The molecular formula is C23H22AsN3O7. The van der Waals surface area contributed by atoms with Gasteiger partial charge >= 0.3 is 159 Å². The van der Waals surface area contributed by atoms with Crippen LogP contribution in [-0.2, 0) is 19.7 Å². The maximum Gasteiger partial charge on any atom is 0.326 e. The molecule has 11 heteroatoms. The number of nitrogens with zero attached hydrogens (tertiary/aromatic N) is 2. The van der Waals surface area contributed by atoms with E-state index in [1.807, 2.05) is 0 Å². The molecule has 0 aliphatic heterocycles. The number of phenols is 1.